The molecule has 15 heavy (non-hydrogen) atoms. The maximum Gasteiger partial charge on any atom is 0.259 e. The molecule has 0 radical (unpaired) electrons. The van der Waals surface area contributed by atoms with E-state index < -0.39 is 12.5 Å². The van der Waals surface area contributed by atoms with Crippen LogP contribution in [0.15, 0.2) is 24.3 Å². The molecule has 0 saturated heterocycles. The van der Waals surface area contributed by atoms with E-state index in [1.807, 2.05) is 6.92 Å². The number of ether oxygens (including phenoxy) is 1. The predicted molar refractivity (Wildman–Crippen MR) is 53.7 cm³/mol. The highest BCUT2D eigenvalue weighted by molar-refractivity contribution is 5.29. The van der Waals surface area contributed by atoms with Gasteiger partial charge in [-0.2, -0.15) is 0 Å². The molecule has 0 fully saturated rings. The van der Waals surface area contributed by atoms with Crippen molar-refractivity contribution in [3.05, 3.63) is 29.8 Å². The minimum Gasteiger partial charge on any atom is -0.494 e. The summed E-state index contributed by atoms with van der Waals surface area (Å²) in [6.07, 6.45) is -2.53. The van der Waals surface area contributed by atoms with Crippen molar-refractivity contribution in [2.24, 2.45) is 5.84 Å². The number of alkyl halides is 2. The molecule has 3 nitrogen and oxygen atoms in total. The van der Waals surface area contributed by atoms with Gasteiger partial charge in [-0.1, -0.05) is 12.1 Å². The minimum absolute atomic E-state index is 0.441. The summed E-state index contributed by atoms with van der Waals surface area (Å²) >= 11 is 0. The number of hydrogen-bond acceptors (Lipinski definition) is 3. The molecule has 0 aliphatic rings. The molecule has 1 atom stereocenters. The van der Waals surface area contributed by atoms with Gasteiger partial charge in [0.15, 0.2) is 0 Å². The Labute approximate surface area is 87.2 Å². The first kappa shape index (κ1) is 11.9. The van der Waals surface area contributed by atoms with Crippen LogP contribution in [0.3, 0.4) is 0 Å². The molecule has 3 N–H and O–H groups in total. The van der Waals surface area contributed by atoms with E-state index in [0.29, 0.717) is 17.9 Å². The third-order valence-corrected chi connectivity index (χ3v) is 1.98. The predicted octanol–water partition coefficient (Wildman–Crippen LogP) is 1.85. The van der Waals surface area contributed by atoms with E-state index in [9.17, 15) is 8.78 Å². The summed E-state index contributed by atoms with van der Waals surface area (Å²) in [7, 11) is 0. The van der Waals surface area contributed by atoms with Gasteiger partial charge in [0.1, 0.15) is 11.8 Å². The van der Waals surface area contributed by atoms with Crippen LogP contribution in [0.2, 0.25) is 0 Å². The van der Waals surface area contributed by atoms with Crippen LogP contribution in [0.1, 0.15) is 18.5 Å². The highest BCUT2D eigenvalue weighted by atomic mass is 19.3. The fourth-order valence-corrected chi connectivity index (χ4v) is 1.25. The highest BCUT2D eigenvalue weighted by Gasteiger charge is 2.20. The van der Waals surface area contributed by atoms with Crippen LogP contribution in [0, 0.1) is 0 Å². The van der Waals surface area contributed by atoms with Gasteiger partial charge >= 0.3 is 0 Å². The molecule has 0 spiro atoms. The molecule has 5 heteroatoms. The zero-order chi connectivity index (χ0) is 11.3. The molecule has 0 heterocycles. The molecule has 0 amide bonds. The molecular formula is C10H14F2N2O. The molecule has 0 aliphatic carbocycles. The Morgan fingerprint density at radius 1 is 1.33 bits per heavy atom. The van der Waals surface area contributed by atoms with E-state index in [2.05, 4.69) is 5.43 Å². The number of rotatable bonds is 5. The molecular weight excluding hydrogens is 202 g/mol. The summed E-state index contributed by atoms with van der Waals surface area (Å²) in [5.41, 5.74) is 2.52. The zero-order valence-electron chi connectivity index (χ0n) is 8.41. The van der Waals surface area contributed by atoms with Crippen LogP contribution >= 0.6 is 0 Å². The van der Waals surface area contributed by atoms with Crippen molar-refractivity contribution in [1.29, 1.82) is 0 Å². The first-order chi connectivity index (χ1) is 7.19. The van der Waals surface area contributed by atoms with Crippen molar-refractivity contribution >= 4 is 0 Å². The average molecular weight is 216 g/mol. The van der Waals surface area contributed by atoms with Crippen LogP contribution < -0.4 is 16.0 Å². The van der Waals surface area contributed by atoms with Gasteiger partial charge in [0, 0.05) is 0 Å². The van der Waals surface area contributed by atoms with Crippen LogP contribution in [-0.2, 0) is 0 Å². The number of nitrogens with two attached hydrogens (primary N) is 1. The van der Waals surface area contributed by atoms with E-state index in [1.165, 1.54) is 0 Å². The fourth-order valence-electron chi connectivity index (χ4n) is 1.25. The van der Waals surface area contributed by atoms with Crippen molar-refractivity contribution in [2.75, 3.05) is 6.61 Å². The number of hydrogen-bond donors (Lipinski definition) is 2. The summed E-state index contributed by atoms with van der Waals surface area (Å²) in [4.78, 5) is 0. The summed E-state index contributed by atoms with van der Waals surface area (Å²) in [6, 6.07) is 5.29. The van der Waals surface area contributed by atoms with Crippen LogP contribution in [-0.4, -0.2) is 13.0 Å². The van der Waals surface area contributed by atoms with Gasteiger partial charge in [0.25, 0.3) is 6.43 Å². The Kier molecular flexibility index (Phi) is 4.45. The Morgan fingerprint density at radius 2 is 1.93 bits per heavy atom. The second-order valence-corrected chi connectivity index (χ2v) is 2.98. The second-order valence-electron chi connectivity index (χ2n) is 2.98. The van der Waals surface area contributed by atoms with Crippen LogP contribution in [0.5, 0.6) is 5.75 Å². The summed E-state index contributed by atoms with van der Waals surface area (Å²) < 4.78 is 30.1. The first-order valence-electron chi connectivity index (χ1n) is 4.66. The normalized spacial score (nSPS) is 12.9. The number of hydrazine groups is 1. The Bertz CT molecular complexity index is 290. The monoisotopic (exact) mass is 216 g/mol. The SMILES string of the molecule is CCOc1ccc(C(NN)C(F)F)cc1. The molecule has 84 valence electrons. The van der Waals surface area contributed by atoms with E-state index in [-0.39, 0.29) is 0 Å². The third kappa shape index (κ3) is 3.14. The van der Waals surface area contributed by atoms with E-state index in [4.69, 9.17) is 10.6 Å². The molecule has 0 bridgehead atoms. The van der Waals surface area contributed by atoms with Gasteiger partial charge in [-0.25, -0.2) is 14.2 Å². The summed E-state index contributed by atoms with van der Waals surface area (Å²) in [5, 5.41) is 0. The summed E-state index contributed by atoms with van der Waals surface area (Å²) in [5.74, 6) is 5.70. The van der Waals surface area contributed by atoms with E-state index in [0.717, 1.165) is 0 Å². The fraction of sp³-hybridized carbons (Fsp3) is 0.400. The van der Waals surface area contributed by atoms with Crippen molar-refractivity contribution in [1.82, 2.24) is 5.43 Å². The molecule has 0 saturated carbocycles. The molecule has 1 aromatic rings. The molecule has 0 aromatic heterocycles. The van der Waals surface area contributed by atoms with Crippen molar-refractivity contribution < 1.29 is 13.5 Å². The maximum absolute atomic E-state index is 12.5. The first-order valence-corrected chi connectivity index (χ1v) is 4.66. The standard InChI is InChI=1S/C10H14F2N2O/c1-2-15-8-5-3-7(4-6-8)9(14-13)10(11)12/h3-6,9-10,14H,2,13H2,1H3. The molecule has 1 aromatic carbocycles. The third-order valence-electron chi connectivity index (χ3n) is 1.98. The van der Waals surface area contributed by atoms with Gasteiger partial charge in [0.2, 0.25) is 0 Å². The van der Waals surface area contributed by atoms with Crippen molar-refractivity contribution in [3.63, 3.8) is 0 Å². The molecule has 1 rings (SSSR count). The smallest absolute Gasteiger partial charge is 0.259 e. The van der Waals surface area contributed by atoms with E-state index in [1.54, 1.807) is 24.3 Å². The van der Waals surface area contributed by atoms with Crippen LogP contribution in [0.25, 0.3) is 0 Å². The van der Waals surface area contributed by atoms with Crippen molar-refractivity contribution in [3.8, 4) is 5.75 Å². The van der Waals surface area contributed by atoms with Gasteiger partial charge in [0.05, 0.1) is 6.61 Å². The van der Waals surface area contributed by atoms with Gasteiger partial charge in [-0.15, -0.1) is 0 Å². The minimum atomic E-state index is -2.53. The lowest BCUT2D eigenvalue weighted by Gasteiger charge is -2.15. The topological polar surface area (TPSA) is 47.3 Å². The zero-order valence-corrected chi connectivity index (χ0v) is 8.41. The quantitative estimate of drug-likeness (QED) is 0.583. The number of nitrogens with one attached hydrogen (secondary N) is 1. The summed E-state index contributed by atoms with van der Waals surface area (Å²) in [6.45, 7) is 2.41. The Hall–Kier alpha value is -1.20. The lowest BCUT2D eigenvalue weighted by molar-refractivity contribution is 0.0986. The van der Waals surface area contributed by atoms with Crippen molar-refractivity contribution in [2.45, 2.75) is 19.4 Å². The Balaban J connectivity index is 2.77. The Morgan fingerprint density at radius 3 is 2.33 bits per heavy atom. The molecule has 0 aliphatic heterocycles. The lowest BCUT2D eigenvalue weighted by atomic mass is 10.1. The average Bonchev–Trinajstić information content (AvgIpc) is 2.21. The lowest BCUT2D eigenvalue weighted by Crippen LogP contribution is -2.32. The van der Waals surface area contributed by atoms with Crippen LogP contribution in [0.4, 0.5) is 8.78 Å². The van der Waals surface area contributed by atoms with Gasteiger partial charge < -0.3 is 4.74 Å². The largest absolute Gasteiger partial charge is 0.494 e. The van der Waals surface area contributed by atoms with E-state index >= 15 is 0 Å². The number of benzene rings is 1. The van der Waals surface area contributed by atoms with Gasteiger partial charge in [-0.05, 0) is 24.6 Å². The maximum atomic E-state index is 12.5. The van der Waals surface area contributed by atoms with Gasteiger partial charge in [-0.3, -0.25) is 5.84 Å². The second kappa shape index (κ2) is 5.63. The highest BCUT2D eigenvalue weighted by Crippen LogP contribution is 2.22. The molecule has 1 unspecified atom stereocenters. The number of halogens is 2.